The summed E-state index contributed by atoms with van der Waals surface area (Å²) in [6.45, 7) is 4.75. The first-order chi connectivity index (χ1) is 14.3. The molecule has 4 nitrogen and oxygen atoms in total. The van der Waals surface area contributed by atoms with Crippen LogP contribution in [-0.4, -0.2) is 23.3 Å². The summed E-state index contributed by atoms with van der Waals surface area (Å²) >= 11 is 0. The second-order valence-corrected chi connectivity index (χ2v) is 7.24. The number of nitrogens with one attached hydrogen (secondary N) is 1. The van der Waals surface area contributed by atoms with Crippen LogP contribution in [-0.2, 0) is 12.7 Å². The molecule has 2 aromatic carbocycles. The average Bonchev–Trinajstić information content (AvgIpc) is 3.19. The Bertz CT molecular complexity index is 947. The topological polar surface area (TPSA) is 41.1 Å². The quantitative estimate of drug-likeness (QED) is 0.468. The van der Waals surface area contributed by atoms with E-state index in [2.05, 4.69) is 28.9 Å². The molecule has 0 fully saturated rings. The zero-order valence-electron chi connectivity index (χ0n) is 17.3. The lowest BCUT2D eigenvalue weighted by Gasteiger charge is -2.21. The van der Waals surface area contributed by atoms with E-state index in [-0.39, 0.29) is 6.10 Å². The van der Waals surface area contributed by atoms with E-state index in [4.69, 9.17) is 4.74 Å². The summed E-state index contributed by atoms with van der Waals surface area (Å²) in [6.07, 6.45) is -0.502. The third kappa shape index (κ3) is 5.14. The van der Waals surface area contributed by atoms with Gasteiger partial charge in [0.05, 0.1) is 17.4 Å². The van der Waals surface area contributed by atoms with Gasteiger partial charge in [0.25, 0.3) is 0 Å². The highest BCUT2D eigenvalue weighted by Crippen LogP contribution is 2.32. The molecule has 0 aliphatic carbocycles. The number of aromatic nitrogens is 2. The molecule has 0 saturated carbocycles. The second kappa shape index (κ2) is 9.24. The van der Waals surface area contributed by atoms with E-state index in [0.29, 0.717) is 17.8 Å². The standard InChI is InChI=1S/C23H26F3N3O/c1-4-20(5-2)30-21-8-6-7-19(13-21)29(3)15-17-14-27-28-22(17)16-9-11-18(12-10-16)23(24,25)26/h6-14,20H,4-5,15H2,1-3H3,(H,27,28). The predicted octanol–water partition coefficient (Wildman–Crippen LogP) is 6.30. The number of alkyl halides is 3. The molecule has 0 unspecified atom stereocenters. The fourth-order valence-electron chi connectivity index (χ4n) is 3.29. The average molecular weight is 417 g/mol. The van der Waals surface area contributed by atoms with Crippen LogP contribution in [0.2, 0.25) is 0 Å². The molecule has 160 valence electrons. The van der Waals surface area contributed by atoms with Gasteiger partial charge < -0.3 is 9.64 Å². The number of aromatic amines is 1. The second-order valence-electron chi connectivity index (χ2n) is 7.24. The first kappa shape index (κ1) is 21.7. The van der Waals surface area contributed by atoms with Gasteiger partial charge in [0, 0.05) is 42.7 Å². The summed E-state index contributed by atoms with van der Waals surface area (Å²) in [6, 6.07) is 13.0. The van der Waals surface area contributed by atoms with Gasteiger partial charge >= 0.3 is 6.18 Å². The van der Waals surface area contributed by atoms with Gasteiger partial charge in [0.1, 0.15) is 5.75 Å². The third-order valence-electron chi connectivity index (χ3n) is 5.08. The monoisotopic (exact) mass is 417 g/mol. The highest BCUT2D eigenvalue weighted by atomic mass is 19.4. The Kier molecular flexibility index (Phi) is 6.70. The number of halogens is 3. The van der Waals surface area contributed by atoms with Crippen LogP contribution in [0, 0.1) is 0 Å². The SMILES string of the molecule is CCC(CC)Oc1cccc(N(C)Cc2c[nH]nc2-c2ccc(C(F)(F)F)cc2)c1. The Morgan fingerprint density at radius 1 is 1.07 bits per heavy atom. The van der Waals surface area contributed by atoms with Crippen molar-refractivity contribution in [3.8, 4) is 17.0 Å². The Morgan fingerprint density at radius 3 is 2.40 bits per heavy atom. The van der Waals surface area contributed by atoms with Crippen molar-refractivity contribution in [2.45, 2.75) is 45.5 Å². The summed E-state index contributed by atoms with van der Waals surface area (Å²) in [5.74, 6) is 0.822. The van der Waals surface area contributed by atoms with Crippen LogP contribution in [0.25, 0.3) is 11.3 Å². The molecule has 0 saturated heterocycles. The van der Waals surface area contributed by atoms with Crippen LogP contribution in [0.4, 0.5) is 18.9 Å². The first-order valence-electron chi connectivity index (χ1n) is 10.00. The van der Waals surface area contributed by atoms with Gasteiger partial charge in [-0.3, -0.25) is 5.10 Å². The number of ether oxygens (including phenoxy) is 1. The molecular weight excluding hydrogens is 391 g/mol. The van der Waals surface area contributed by atoms with E-state index in [1.165, 1.54) is 12.1 Å². The Hall–Kier alpha value is -2.96. The van der Waals surface area contributed by atoms with Crippen LogP contribution in [0.5, 0.6) is 5.75 Å². The Morgan fingerprint density at radius 2 is 1.77 bits per heavy atom. The molecule has 0 atom stereocenters. The predicted molar refractivity (Wildman–Crippen MR) is 113 cm³/mol. The molecule has 0 spiro atoms. The molecule has 0 amide bonds. The molecule has 0 bridgehead atoms. The number of rotatable bonds is 8. The lowest BCUT2D eigenvalue weighted by atomic mass is 10.1. The molecule has 0 aliphatic heterocycles. The van der Waals surface area contributed by atoms with E-state index in [9.17, 15) is 13.2 Å². The highest BCUT2D eigenvalue weighted by molar-refractivity contribution is 5.64. The Balaban J connectivity index is 1.76. The molecule has 7 heteroatoms. The maximum Gasteiger partial charge on any atom is 0.416 e. The van der Waals surface area contributed by atoms with Crippen molar-refractivity contribution in [2.75, 3.05) is 11.9 Å². The summed E-state index contributed by atoms with van der Waals surface area (Å²) < 4.78 is 44.5. The fourth-order valence-corrected chi connectivity index (χ4v) is 3.29. The maximum atomic E-state index is 12.8. The van der Waals surface area contributed by atoms with E-state index < -0.39 is 11.7 Å². The van der Waals surface area contributed by atoms with Crippen molar-refractivity contribution in [3.63, 3.8) is 0 Å². The number of nitrogens with zero attached hydrogens (tertiary/aromatic N) is 2. The van der Waals surface area contributed by atoms with Crippen LogP contribution in [0.15, 0.2) is 54.7 Å². The summed E-state index contributed by atoms with van der Waals surface area (Å²) in [4.78, 5) is 2.05. The minimum Gasteiger partial charge on any atom is -0.490 e. The normalized spacial score (nSPS) is 11.7. The van der Waals surface area contributed by atoms with Gasteiger partial charge in [-0.2, -0.15) is 18.3 Å². The third-order valence-corrected chi connectivity index (χ3v) is 5.08. The lowest BCUT2D eigenvalue weighted by molar-refractivity contribution is -0.137. The molecule has 1 N–H and O–H groups in total. The van der Waals surface area contributed by atoms with E-state index in [0.717, 1.165) is 42.0 Å². The zero-order valence-corrected chi connectivity index (χ0v) is 17.3. The van der Waals surface area contributed by atoms with E-state index in [1.54, 1.807) is 6.20 Å². The molecule has 0 radical (unpaired) electrons. The van der Waals surface area contributed by atoms with Gasteiger partial charge in [-0.05, 0) is 37.1 Å². The number of hydrogen-bond acceptors (Lipinski definition) is 3. The maximum absolute atomic E-state index is 12.8. The molecule has 30 heavy (non-hydrogen) atoms. The molecule has 3 aromatic rings. The summed E-state index contributed by atoms with van der Waals surface area (Å²) in [5, 5.41) is 7.07. The van der Waals surface area contributed by atoms with Gasteiger partial charge in [0.2, 0.25) is 0 Å². The number of benzene rings is 2. The largest absolute Gasteiger partial charge is 0.490 e. The van der Waals surface area contributed by atoms with Crippen LogP contribution < -0.4 is 9.64 Å². The zero-order chi connectivity index (χ0) is 21.7. The molecular formula is C23H26F3N3O. The number of H-pyrrole nitrogens is 1. The van der Waals surface area contributed by atoms with Gasteiger partial charge in [-0.1, -0.05) is 32.0 Å². The first-order valence-corrected chi connectivity index (χ1v) is 10.00. The van der Waals surface area contributed by atoms with E-state index in [1.807, 2.05) is 31.3 Å². The van der Waals surface area contributed by atoms with Crippen molar-refractivity contribution in [2.24, 2.45) is 0 Å². The molecule has 1 heterocycles. The minimum absolute atomic E-state index is 0.186. The van der Waals surface area contributed by atoms with Crippen molar-refractivity contribution in [3.05, 3.63) is 65.9 Å². The minimum atomic E-state index is -4.35. The van der Waals surface area contributed by atoms with Gasteiger partial charge in [0.15, 0.2) is 0 Å². The molecule has 1 aromatic heterocycles. The van der Waals surface area contributed by atoms with Crippen LogP contribution >= 0.6 is 0 Å². The van der Waals surface area contributed by atoms with Crippen molar-refractivity contribution in [1.29, 1.82) is 0 Å². The fraction of sp³-hybridized carbons (Fsp3) is 0.348. The number of anilines is 1. The summed E-state index contributed by atoms with van der Waals surface area (Å²) in [7, 11) is 1.96. The van der Waals surface area contributed by atoms with Gasteiger partial charge in [-0.15, -0.1) is 0 Å². The summed E-state index contributed by atoms with van der Waals surface area (Å²) in [5.41, 5.74) is 2.48. The Labute approximate surface area is 174 Å². The number of hydrogen-bond donors (Lipinski definition) is 1. The van der Waals surface area contributed by atoms with Crippen molar-refractivity contribution < 1.29 is 17.9 Å². The van der Waals surface area contributed by atoms with Crippen molar-refractivity contribution >= 4 is 5.69 Å². The molecule has 0 aliphatic rings. The van der Waals surface area contributed by atoms with Gasteiger partial charge in [-0.25, -0.2) is 0 Å². The smallest absolute Gasteiger partial charge is 0.416 e. The van der Waals surface area contributed by atoms with Crippen LogP contribution in [0.1, 0.15) is 37.8 Å². The van der Waals surface area contributed by atoms with Crippen LogP contribution in [0.3, 0.4) is 0 Å². The van der Waals surface area contributed by atoms with E-state index >= 15 is 0 Å². The highest BCUT2D eigenvalue weighted by Gasteiger charge is 2.30. The van der Waals surface area contributed by atoms with Crippen molar-refractivity contribution in [1.82, 2.24) is 10.2 Å². The lowest BCUT2D eigenvalue weighted by Crippen LogP contribution is -2.17. The molecule has 3 rings (SSSR count).